The van der Waals surface area contributed by atoms with E-state index in [1.807, 2.05) is 37.3 Å². The highest BCUT2D eigenvalue weighted by molar-refractivity contribution is 7.91. The van der Waals surface area contributed by atoms with E-state index in [1.54, 1.807) is 21.8 Å². The Morgan fingerprint density at radius 3 is 2.50 bits per heavy atom. The Morgan fingerprint density at radius 2 is 1.88 bits per heavy atom. The van der Waals surface area contributed by atoms with Gasteiger partial charge in [-0.3, -0.25) is 4.79 Å². The maximum Gasteiger partial charge on any atom is 0.252 e. The molecule has 0 radical (unpaired) electrons. The smallest absolute Gasteiger partial charge is 0.252 e. The molecule has 1 fully saturated rings. The van der Waals surface area contributed by atoms with Crippen LogP contribution >= 0.6 is 11.3 Å². The molecule has 1 unspecified atom stereocenters. The van der Waals surface area contributed by atoms with E-state index >= 15 is 0 Å². The number of benzene rings is 1. The van der Waals surface area contributed by atoms with Crippen molar-refractivity contribution in [3.63, 3.8) is 0 Å². The molecule has 0 spiro atoms. The molecule has 7 heteroatoms. The van der Waals surface area contributed by atoms with Crippen LogP contribution in [0.3, 0.4) is 0 Å². The molecule has 2 aromatic rings. The fraction of sp³-hybridized carbons (Fsp3) is 0.421. The molecule has 3 rings (SSSR count). The normalized spacial score (nSPS) is 17.7. The van der Waals surface area contributed by atoms with Crippen molar-refractivity contribution in [2.45, 2.75) is 36.4 Å². The lowest BCUT2D eigenvalue weighted by Gasteiger charge is -2.30. The van der Waals surface area contributed by atoms with Crippen LogP contribution in [-0.2, 0) is 14.8 Å². The van der Waals surface area contributed by atoms with Crippen molar-refractivity contribution >= 4 is 27.3 Å². The van der Waals surface area contributed by atoms with Crippen LogP contribution in [0.2, 0.25) is 0 Å². The minimum atomic E-state index is -3.37. The molecule has 0 aliphatic carbocycles. The van der Waals surface area contributed by atoms with Crippen LogP contribution in [0.25, 0.3) is 0 Å². The van der Waals surface area contributed by atoms with E-state index in [2.05, 4.69) is 5.32 Å². The molecule has 1 aliphatic heterocycles. The number of nitrogens with zero attached hydrogens (tertiary/aromatic N) is 1. The maximum absolute atomic E-state index is 12.5. The zero-order chi connectivity index (χ0) is 18.6. The summed E-state index contributed by atoms with van der Waals surface area (Å²) in [5, 5.41) is 4.81. The predicted octanol–water partition coefficient (Wildman–Crippen LogP) is 3.42. The van der Waals surface area contributed by atoms with Gasteiger partial charge < -0.3 is 5.32 Å². The van der Waals surface area contributed by atoms with Gasteiger partial charge >= 0.3 is 0 Å². The van der Waals surface area contributed by atoms with Gasteiger partial charge in [0.05, 0.1) is 6.04 Å². The molecule has 1 aromatic carbocycles. The van der Waals surface area contributed by atoms with Gasteiger partial charge in [0, 0.05) is 19.5 Å². The van der Waals surface area contributed by atoms with Crippen LogP contribution in [0.15, 0.2) is 52.1 Å². The van der Waals surface area contributed by atoms with Crippen molar-refractivity contribution < 1.29 is 13.2 Å². The molecular weight excluding hydrogens is 368 g/mol. The van der Waals surface area contributed by atoms with E-state index in [-0.39, 0.29) is 17.9 Å². The Kier molecular flexibility index (Phi) is 6.11. The first kappa shape index (κ1) is 19.1. The van der Waals surface area contributed by atoms with Gasteiger partial charge in [-0.25, -0.2) is 8.42 Å². The quantitative estimate of drug-likeness (QED) is 0.819. The van der Waals surface area contributed by atoms with Crippen LogP contribution in [-0.4, -0.2) is 31.7 Å². The number of hydrogen-bond acceptors (Lipinski definition) is 4. The highest BCUT2D eigenvalue weighted by atomic mass is 32.2. The summed E-state index contributed by atoms with van der Waals surface area (Å²) in [5.74, 6) is 0.258. The van der Waals surface area contributed by atoms with Crippen molar-refractivity contribution in [2.24, 2.45) is 5.92 Å². The molecular formula is C19H24N2O3S2. The fourth-order valence-electron chi connectivity index (χ4n) is 3.28. The Bertz CT molecular complexity index is 812. The zero-order valence-corrected chi connectivity index (χ0v) is 16.4. The number of thiophene rings is 1. The lowest BCUT2D eigenvalue weighted by molar-refractivity contribution is -0.122. The summed E-state index contributed by atoms with van der Waals surface area (Å²) < 4.78 is 27.0. The third-order valence-electron chi connectivity index (χ3n) is 4.81. The van der Waals surface area contributed by atoms with Gasteiger partial charge in [-0.15, -0.1) is 11.3 Å². The maximum atomic E-state index is 12.5. The zero-order valence-electron chi connectivity index (χ0n) is 14.8. The van der Waals surface area contributed by atoms with Gasteiger partial charge in [0.25, 0.3) is 10.0 Å². The average molecular weight is 393 g/mol. The molecule has 1 N–H and O–H groups in total. The van der Waals surface area contributed by atoms with Crippen LogP contribution in [0.4, 0.5) is 0 Å². The lowest BCUT2D eigenvalue weighted by atomic mass is 9.94. The Labute approximate surface area is 159 Å². The van der Waals surface area contributed by atoms with Crippen molar-refractivity contribution in [2.75, 3.05) is 13.1 Å². The number of nitrogens with one attached hydrogen (secondary N) is 1. The number of carbonyl (C=O) groups is 1. The first-order valence-corrected chi connectivity index (χ1v) is 11.2. The Hall–Kier alpha value is -1.70. The average Bonchev–Trinajstić information content (AvgIpc) is 3.18. The van der Waals surface area contributed by atoms with Gasteiger partial charge in [-0.2, -0.15) is 4.31 Å². The van der Waals surface area contributed by atoms with Crippen molar-refractivity contribution in [1.82, 2.24) is 9.62 Å². The number of hydrogen-bond donors (Lipinski definition) is 1. The van der Waals surface area contributed by atoms with Crippen LogP contribution in [0.1, 0.15) is 37.8 Å². The molecule has 0 saturated carbocycles. The van der Waals surface area contributed by atoms with E-state index in [4.69, 9.17) is 0 Å². The second-order valence-corrected chi connectivity index (χ2v) is 9.80. The summed E-state index contributed by atoms with van der Waals surface area (Å²) in [6.45, 7) is 2.93. The van der Waals surface area contributed by atoms with E-state index in [0.29, 0.717) is 23.7 Å². The molecule has 0 bridgehead atoms. The summed E-state index contributed by atoms with van der Waals surface area (Å²) in [6, 6.07) is 13.2. The molecule has 1 amide bonds. The predicted molar refractivity (Wildman–Crippen MR) is 103 cm³/mol. The SMILES string of the molecule is CC(NC(=O)CC1CCN(S(=O)(=O)c2cccs2)CC1)c1ccccc1. The number of sulfonamides is 1. The van der Waals surface area contributed by atoms with Gasteiger partial charge in [-0.1, -0.05) is 36.4 Å². The second-order valence-electron chi connectivity index (χ2n) is 6.68. The van der Waals surface area contributed by atoms with Crippen molar-refractivity contribution in [3.05, 3.63) is 53.4 Å². The summed E-state index contributed by atoms with van der Waals surface area (Å²) in [4.78, 5) is 12.3. The monoisotopic (exact) mass is 392 g/mol. The van der Waals surface area contributed by atoms with E-state index in [9.17, 15) is 13.2 Å². The Morgan fingerprint density at radius 1 is 1.19 bits per heavy atom. The summed E-state index contributed by atoms with van der Waals surface area (Å²) in [6.07, 6.45) is 1.89. The summed E-state index contributed by atoms with van der Waals surface area (Å²) in [7, 11) is -3.37. The fourth-order valence-corrected chi connectivity index (χ4v) is 5.89. The molecule has 1 saturated heterocycles. The largest absolute Gasteiger partial charge is 0.350 e. The minimum Gasteiger partial charge on any atom is -0.350 e. The third-order valence-corrected chi connectivity index (χ3v) is 8.09. The molecule has 2 heterocycles. The number of carbonyl (C=O) groups excluding carboxylic acids is 1. The topological polar surface area (TPSA) is 66.5 Å². The summed E-state index contributed by atoms with van der Waals surface area (Å²) >= 11 is 1.25. The molecule has 1 aromatic heterocycles. The molecule has 140 valence electrons. The molecule has 26 heavy (non-hydrogen) atoms. The van der Waals surface area contributed by atoms with Crippen molar-refractivity contribution in [1.29, 1.82) is 0 Å². The first-order chi connectivity index (χ1) is 12.5. The van der Waals surface area contributed by atoms with Gasteiger partial charge in [0.15, 0.2) is 0 Å². The van der Waals surface area contributed by atoms with Crippen LogP contribution < -0.4 is 5.32 Å². The molecule has 1 aliphatic rings. The van der Waals surface area contributed by atoms with Gasteiger partial charge in [-0.05, 0) is 42.7 Å². The van der Waals surface area contributed by atoms with Gasteiger partial charge in [0.1, 0.15) is 4.21 Å². The molecule has 1 atom stereocenters. The number of rotatable bonds is 6. The Balaban J connectivity index is 1.49. The van der Waals surface area contributed by atoms with Crippen molar-refractivity contribution in [3.8, 4) is 0 Å². The lowest BCUT2D eigenvalue weighted by Crippen LogP contribution is -2.39. The van der Waals surface area contributed by atoms with E-state index < -0.39 is 10.0 Å². The van der Waals surface area contributed by atoms with E-state index in [0.717, 1.165) is 18.4 Å². The number of piperidine rings is 1. The summed E-state index contributed by atoms with van der Waals surface area (Å²) in [5.41, 5.74) is 1.08. The van der Waals surface area contributed by atoms with Crippen LogP contribution in [0, 0.1) is 5.92 Å². The third kappa shape index (κ3) is 4.52. The highest BCUT2D eigenvalue weighted by Crippen LogP contribution is 2.27. The number of amides is 1. The standard InChI is InChI=1S/C19H24N2O3S2/c1-15(17-6-3-2-4-7-17)20-18(22)14-16-9-11-21(12-10-16)26(23,24)19-8-5-13-25-19/h2-8,13,15-16H,9-12,14H2,1H3,(H,20,22). The van der Waals surface area contributed by atoms with Gasteiger partial charge in [0.2, 0.25) is 5.91 Å². The van der Waals surface area contributed by atoms with Crippen LogP contribution in [0.5, 0.6) is 0 Å². The first-order valence-electron chi connectivity index (χ1n) is 8.85. The minimum absolute atomic E-state index is 0.0250. The second kappa shape index (κ2) is 8.33. The van der Waals surface area contributed by atoms with E-state index in [1.165, 1.54) is 11.3 Å². The molecule has 5 nitrogen and oxygen atoms in total. The highest BCUT2D eigenvalue weighted by Gasteiger charge is 2.30.